The Hall–Kier alpha value is -3.66. The third-order valence-electron chi connectivity index (χ3n) is 6.16. The van der Waals surface area contributed by atoms with Crippen LogP contribution in [-0.4, -0.2) is 10.8 Å². The molecule has 2 unspecified atom stereocenters. The van der Waals surface area contributed by atoms with Crippen molar-refractivity contribution in [2.75, 3.05) is 0 Å². The minimum absolute atomic E-state index is 0.0724. The van der Waals surface area contributed by atoms with Gasteiger partial charge < -0.3 is 9.32 Å². The Morgan fingerprint density at radius 1 is 0.935 bits per heavy atom. The largest absolute Gasteiger partial charge is 0.422 e. The highest BCUT2D eigenvalue weighted by atomic mass is 16.4. The molecule has 0 bridgehead atoms. The number of carbonyl (C=O) groups excluding carboxylic acids is 1. The van der Waals surface area contributed by atoms with Gasteiger partial charge in [-0.25, -0.2) is 4.79 Å². The van der Waals surface area contributed by atoms with Crippen LogP contribution in [0.2, 0.25) is 0 Å². The van der Waals surface area contributed by atoms with E-state index < -0.39 is 6.04 Å². The molecule has 0 aliphatic carbocycles. The Labute approximate surface area is 180 Å². The van der Waals surface area contributed by atoms with Crippen molar-refractivity contribution in [2.45, 2.75) is 32.4 Å². The molecule has 0 spiro atoms. The molecule has 4 heteroatoms. The van der Waals surface area contributed by atoms with Gasteiger partial charge in [-0.3, -0.25) is 4.79 Å². The van der Waals surface area contributed by atoms with Gasteiger partial charge in [0.2, 0.25) is 5.91 Å². The topological polar surface area (TPSA) is 50.5 Å². The van der Waals surface area contributed by atoms with Gasteiger partial charge in [0.25, 0.3) is 0 Å². The van der Waals surface area contributed by atoms with Gasteiger partial charge >= 0.3 is 5.63 Å². The number of amides is 1. The average Bonchev–Trinajstić information content (AvgIpc) is 2.78. The van der Waals surface area contributed by atoms with Gasteiger partial charge in [-0.1, -0.05) is 72.8 Å². The van der Waals surface area contributed by atoms with E-state index in [0.29, 0.717) is 17.6 Å². The lowest BCUT2D eigenvalue weighted by molar-refractivity contribution is -0.134. The van der Waals surface area contributed by atoms with Crippen LogP contribution >= 0.6 is 0 Å². The molecule has 2 atom stereocenters. The number of hydrogen-bond donors (Lipinski definition) is 0. The van der Waals surface area contributed by atoms with Gasteiger partial charge in [-0.2, -0.15) is 0 Å². The number of fused-ring (bicyclic) bond motifs is 3. The van der Waals surface area contributed by atoms with Crippen LogP contribution in [0.1, 0.15) is 46.8 Å². The molecule has 1 amide bonds. The predicted molar refractivity (Wildman–Crippen MR) is 121 cm³/mol. The molecule has 3 aromatic carbocycles. The van der Waals surface area contributed by atoms with E-state index in [1.807, 2.05) is 90.7 Å². The van der Waals surface area contributed by atoms with E-state index >= 15 is 0 Å². The lowest BCUT2D eigenvalue weighted by Gasteiger charge is -2.43. The summed E-state index contributed by atoms with van der Waals surface area (Å²) in [6.07, 6.45) is 0.563. The molecule has 31 heavy (non-hydrogen) atoms. The maximum absolute atomic E-state index is 13.3. The lowest BCUT2D eigenvalue weighted by Crippen LogP contribution is -2.44. The summed E-state index contributed by atoms with van der Waals surface area (Å²) >= 11 is 0. The van der Waals surface area contributed by atoms with Crippen LogP contribution in [-0.2, 0) is 11.2 Å². The third-order valence-corrected chi connectivity index (χ3v) is 6.16. The van der Waals surface area contributed by atoms with Crippen molar-refractivity contribution in [2.24, 2.45) is 0 Å². The Bertz CT molecular complexity index is 1330. The second kappa shape index (κ2) is 7.55. The summed E-state index contributed by atoms with van der Waals surface area (Å²) in [6, 6.07) is 25.1. The van der Waals surface area contributed by atoms with Crippen LogP contribution in [0.25, 0.3) is 11.0 Å². The fourth-order valence-electron chi connectivity index (χ4n) is 4.81. The standard InChI is InChI=1S/C27H23NO3/c1-17-13-14-21-22-16-23(19-9-5-3-6-10-19)28(18(2)29)26(20-11-7-4-8-12-20)25(22)27(30)31-24(21)15-17/h3-15,23,26H,16H2,1-2H3. The van der Waals surface area contributed by atoms with Crippen molar-refractivity contribution in [3.05, 3.63) is 117 Å². The molecule has 1 aromatic heterocycles. The first-order valence-electron chi connectivity index (χ1n) is 10.5. The Balaban J connectivity index is 1.85. The quantitative estimate of drug-likeness (QED) is 0.420. The van der Waals surface area contributed by atoms with Crippen LogP contribution in [0.15, 0.2) is 88.1 Å². The van der Waals surface area contributed by atoms with Gasteiger partial charge in [0.15, 0.2) is 0 Å². The highest BCUT2D eigenvalue weighted by Gasteiger charge is 2.40. The summed E-state index contributed by atoms with van der Waals surface area (Å²) in [5, 5.41) is 0.935. The first-order valence-corrected chi connectivity index (χ1v) is 10.5. The van der Waals surface area contributed by atoms with Crippen LogP contribution in [0.5, 0.6) is 0 Å². The maximum Gasteiger partial charge on any atom is 0.342 e. The summed E-state index contributed by atoms with van der Waals surface area (Å²) in [6.45, 7) is 3.55. The minimum Gasteiger partial charge on any atom is -0.422 e. The summed E-state index contributed by atoms with van der Waals surface area (Å²) in [7, 11) is 0. The second-order valence-electron chi connectivity index (χ2n) is 8.15. The van der Waals surface area contributed by atoms with Gasteiger partial charge in [0, 0.05) is 12.3 Å². The molecule has 0 fully saturated rings. The zero-order valence-electron chi connectivity index (χ0n) is 17.5. The summed E-state index contributed by atoms with van der Waals surface area (Å²) in [5.74, 6) is -0.0724. The van der Waals surface area contributed by atoms with E-state index in [2.05, 4.69) is 0 Å². The number of benzene rings is 3. The molecule has 0 saturated carbocycles. The smallest absolute Gasteiger partial charge is 0.342 e. The van der Waals surface area contributed by atoms with Crippen molar-refractivity contribution in [3.63, 3.8) is 0 Å². The molecular formula is C27H23NO3. The third kappa shape index (κ3) is 3.25. The lowest BCUT2D eigenvalue weighted by atomic mass is 9.82. The molecule has 5 rings (SSSR count). The van der Waals surface area contributed by atoms with E-state index in [9.17, 15) is 9.59 Å². The molecule has 4 aromatic rings. The van der Waals surface area contributed by atoms with Gasteiger partial charge in [0.1, 0.15) is 5.58 Å². The number of nitrogens with zero attached hydrogens (tertiary/aromatic N) is 1. The Morgan fingerprint density at radius 3 is 2.23 bits per heavy atom. The van der Waals surface area contributed by atoms with Crippen LogP contribution in [0.4, 0.5) is 0 Å². The molecular weight excluding hydrogens is 386 g/mol. The van der Waals surface area contributed by atoms with E-state index in [1.54, 1.807) is 6.92 Å². The fraction of sp³-hybridized carbons (Fsp3) is 0.185. The van der Waals surface area contributed by atoms with Crippen LogP contribution in [0.3, 0.4) is 0 Å². The second-order valence-corrected chi connectivity index (χ2v) is 8.15. The fourth-order valence-corrected chi connectivity index (χ4v) is 4.81. The number of aryl methyl sites for hydroxylation is 1. The molecule has 0 radical (unpaired) electrons. The van der Waals surface area contributed by atoms with Gasteiger partial charge in [-0.15, -0.1) is 0 Å². The minimum atomic E-state index is -0.505. The molecule has 4 nitrogen and oxygen atoms in total. The highest BCUT2D eigenvalue weighted by Crippen LogP contribution is 2.44. The number of hydrogen-bond acceptors (Lipinski definition) is 3. The van der Waals surface area contributed by atoms with Crippen molar-refractivity contribution in [1.29, 1.82) is 0 Å². The number of rotatable bonds is 2. The predicted octanol–water partition coefficient (Wildman–Crippen LogP) is 5.34. The van der Waals surface area contributed by atoms with Crippen LogP contribution < -0.4 is 5.63 Å². The molecule has 154 valence electrons. The molecule has 1 aliphatic rings. The molecule has 0 saturated heterocycles. The Kier molecular flexibility index (Phi) is 4.70. The van der Waals surface area contributed by atoms with Crippen molar-refractivity contribution in [3.8, 4) is 0 Å². The first kappa shape index (κ1) is 19.3. The van der Waals surface area contributed by atoms with E-state index in [4.69, 9.17) is 4.42 Å². The van der Waals surface area contributed by atoms with E-state index in [1.165, 1.54) is 0 Å². The first-order chi connectivity index (χ1) is 15.0. The van der Waals surface area contributed by atoms with Gasteiger partial charge in [-0.05, 0) is 41.7 Å². The summed E-state index contributed by atoms with van der Waals surface area (Å²) < 4.78 is 5.77. The van der Waals surface area contributed by atoms with Crippen molar-refractivity contribution >= 4 is 16.9 Å². The van der Waals surface area contributed by atoms with Crippen LogP contribution in [0, 0.1) is 6.92 Å². The van der Waals surface area contributed by atoms with E-state index in [0.717, 1.165) is 27.6 Å². The normalized spacial score (nSPS) is 18.1. The average molecular weight is 409 g/mol. The molecule has 0 N–H and O–H groups in total. The Morgan fingerprint density at radius 2 is 1.58 bits per heavy atom. The summed E-state index contributed by atoms with van der Waals surface area (Å²) in [5.41, 5.74) is 4.74. The van der Waals surface area contributed by atoms with Crippen molar-refractivity contribution < 1.29 is 9.21 Å². The summed E-state index contributed by atoms with van der Waals surface area (Å²) in [4.78, 5) is 28.1. The monoisotopic (exact) mass is 409 g/mol. The molecule has 1 aliphatic heterocycles. The van der Waals surface area contributed by atoms with Crippen molar-refractivity contribution in [1.82, 2.24) is 4.90 Å². The van der Waals surface area contributed by atoms with Gasteiger partial charge in [0.05, 0.1) is 17.6 Å². The SMILES string of the molecule is CC(=O)N1C(c2ccccc2)Cc2c(c(=O)oc3cc(C)ccc23)C1c1ccccc1. The van der Waals surface area contributed by atoms with E-state index in [-0.39, 0.29) is 17.6 Å². The zero-order valence-corrected chi connectivity index (χ0v) is 17.5. The molecule has 2 heterocycles. The number of carbonyl (C=O) groups is 1. The maximum atomic E-state index is 13.3. The highest BCUT2D eigenvalue weighted by molar-refractivity contribution is 5.84. The zero-order chi connectivity index (χ0) is 21.5.